The standard InChI is InChI=1S/C12H22N2OS/c1-10(2)8-15-6-5-14(4)7-12-13-11(3)9-16-12/h9-10H,5-8H2,1-4H3. The summed E-state index contributed by atoms with van der Waals surface area (Å²) in [5.74, 6) is 0.618. The Kier molecular flexibility index (Phi) is 5.95. The topological polar surface area (TPSA) is 25.4 Å². The molecule has 3 nitrogen and oxygen atoms in total. The van der Waals surface area contributed by atoms with E-state index in [2.05, 4.69) is 36.2 Å². The quantitative estimate of drug-likeness (QED) is 0.687. The van der Waals surface area contributed by atoms with Gasteiger partial charge in [-0.05, 0) is 19.9 Å². The van der Waals surface area contributed by atoms with Crippen LogP contribution < -0.4 is 0 Å². The van der Waals surface area contributed by atoms with Crippen LogP contribution in [0.3, 0.4) is 0 Å². The van der Waals surface area contributed by atoms with E-state index in [1.807, 2.05) is 6.92 Å². The highest BCUT2D eigenvalue weighted by atomic mass is 32.1. The summed E-state index contributed by atoms with van der Waals surface area (Å²) in [6.45, 7) is 9.91. The fraction of sp³-hybridized carbons (Fsp3) is 0.750. The van der Waals surface area contributed by atoms with Gasteiger partial charge < -0.3 is 4.74 Å². The van der Waals surface area contributed by atoms with Crippen LogP contribution in [-0.4, -0.2) is 36.7 Å². The largest absolute Gasteiger partial charge is 0.380 e. The maximum Gasteiger partial charge on any atom is 0.107 e. The first kappa shape index (κ1) is 13.6. The molecule has 0 radical (unpaired) electrons. The third kappa shape index (κ3) is 5.58. The lowest BCUT2D eigenvalue weighted by molar-refractivity contribution is 0.0901. The third-order valence-corrected chi connectivity index (χ3v) is 3.09. The van der Waals surface area contributed by atoms with Crippen LogP contribution in [0.2, 0.25) is 0 Å². The van der Waals surface area contributed by atoms with E-state index >= 15 is 0 Å². The van der Waals surface area contributed by atoms with Crippen molar-refractivity contribution in [3.05, 3.63) is 16.1 Å². The first-order valence-corrected chi connectivity index (χ1v) is 6.63. The predicted molar refractivity (Wildman–Crippen MR) is 68.8 cm³/mol. The molecule has 0 fully saturated rings. The second-order valence-corrected chi connectivity index (χ2v) is 5.53. The van der Waals surface area contributed by atoms with Crippen LogP contribution in [0.15, 0.2) is 5.38 Å². The van der Waals surface area contributed by atoms with E-state index in [-0.39, 0.29) is 0 Å². The van der Waals surface area contributed by atoms with E-state index in [9.17, 15) is 0 Å². The number of thiazole rings is 1. The summed E-state index contributed by atoms with van der Waals surface area (Å²) in [6, 6.07) is 0. The van der Waals surface area contributed by atoms with Gasteiger partial charge in [-0.3, -0.25) is 4.90 Å². The van der Waals surface area contributed by atoms with Gasteiger partial charge in [-0.25, -0.2) is 4.98 Å². The molecular weight excluding hydrogens is 220 g/mol. The number of ether oxygens (including phenoxy) is 1. The zero-order chi connectivity index (χ0) is 12.0. The average molecular weight is 242 g/mol. The molecule has 0 spiro atoms. The Labute approximate surface area is 102 Å². The lowest BCUT2D eigenvalue weighted by Gasteiger charge is -2.15. The van der Waals surface area contributed by atoms with Crippen molar-refractivity contribution in [2.45, 2.75) is 27.3 Å². The summed E-state index contributed by atoms with van der Waals surface area (Å²) in [7, 11) is 2.11. The normalized spacial score (nSPS) is 11.6. The van der Waals surface area contributed by atoms with Gasteiger partial charge in [-0.2, -0.15) is 0 Å². The van der Waals surface area contributed by atoms with Gasteiger partial charge >= 0.3 is 0 Å². The number of likely N-dealkylation sites (N-methyl/N-ethyl adjacent to an activating group) is 1. The van der Waals surface area contributed by atoms with Gasteiger partial charge in [0.2, 0.25) is 0 Å². The van der Waals surface area contributed by atoms with E-state index in [1.54, 1.807) is 11.3 Å². The molecule has 0 amide bonds. The molecule has 0 atom stereocenters. The molecule has 0 aromatic carbocycles. The SMILES string of the molecule is Cc1csc(CN(C)CCOCC(C)C)n1. The number of aryl methyl sites for hydroxylation is 1. The molecule has 92 valence electrons. The Balaban J connectivity index is 2.13. The Bertz CT molecular complexity index is 299. The first-order valence-electron chi connectivity index (χ1n) is 5.75. The highest BCUT2D eigenvalue weighted by Gasteiger charge is 2.03. The summed E-state index contributed by atoms with van der Waals surface area (Å²) in [5, 5.41) is 3.28. The van der Waals surface area contributed by atoms with Crippen LogP contribution in [-0.2, 0) is 11.3 Å². The summed E-state index contributed by atoms with van der Waals surface area (Å²) in [6.07, 6.45) is 0. The van der Waals surface area contributed by atoms with Crippen LogP contribution in [0, 0.1) is 12.8 Å². The highest BCUT2D eigenvalue weighted by Crippen LogP contribution is 2.10. The van der Waals surface area contributed by atoms with Crippen molar-refractivity contribution in [1.82, 2.24) is 9.88 Å². The van der Waals surface area contributed by atoms with Crippen molar-refractivity contribution in [3.63, 3.8) is 0 Å². The molecule has 1 aromatic rings. The van der Waals surface area contributed by atoms with E-state index in [4.69, 9.17) is 4.74 Å². The monoisotopic (exact) mass is 242 g/mol. The van der Waals surface area contributed by atoms with E-state index in [1.165, 1.54) is 5.01 Å². The molecule has 0 unspecified atom stereocenters. The molecular formula is C12H22N2OS. The van der Waals surface area contributed by atoms with E-state index < -0.39 is 0 Å². The van der Waals surface area contributed by atoms with Gasteiger partial charge in [0.15, 0.2) is 0 Å². The maximum absolute atomic E-state index is 5.55. The minimum atomic E-state index is 0.618. The van der Waals surface area contributed by atoms with Crippen LogP contribution in [0.1, 0.15) is 24.5 Å². The van der Waals surface area contributed by atoms with Gasteiger partial charge in [-0.1, -0.05) is 13.8 Å². The van der Waals surface area contributed by atoms with Gasteiger partial charge in [0, 0.05) is 24.2 Å². The fourth-order valence-electron chi connectivity index (χ4n) is 1.32. The summed E-state index contributed by atoms with van der Waals surface area (Å²) < 4.78 is 5.55. The number of rotatable bonds is 7. The summed E-state index contributed by atoms with van der Waals surface area (Å²) >= 11 is 1.73. The molecule has 0 saturated carbocycles. The minimum Gasteiger partial charge on any atom is -0.380 e. The van der Waals surface area contributed by atoms with E-state index in [0.29, 0.717) is 5.92 Å². The predicted octanol–water partition coefficient (Wildman–Crippen LogP) is 2.56. The fourth-order valence-corrected chi connectivity index (χ4v) is 2.18. The Morgan fingerprint density at radius 1 is 1.50 bits per heavy atom. The molecule has 1 rings (SSSR count). The lowest BCUT2D eigenvalue weighted by Crippen LogP contribution is -2.23. The molecule has 1 aromatic heterocycles. The van der Waals surface area contributed by atoms with Crippen LogP contribution in [0.25, 0.3) is 0 Å². The zero-order valence-corrected chi connectivity index (χ0v) is 11.5. The zero-order valence-electron chi connectivity index (χ0n) is 10.7. The smallest absolute Gasteiger partial charge is 0.107 e. The van der Waals surface area contributed by atoms with E-state index in [0.717, 1.165) is 32.0 Å². The second-order valence-electron chi connectivity index (χ2n) is 4.59. The van der Waals surface area contributed by atoms with Gasteiger partial charge in [0.05, 0.1) is 13.2 Å². The molecule has 0 aliphatic rings. The maximum atomic E-state index is 5.55. The summed E-state index contributed by atoms with van der Waals surface area (Å²) in [5.41, 5.74) is 1.12. The van der Waals surface area contributed by atoms with Crippen LogP contribution in [0.4, 0.5) is 0 Å². The molecule has 0 aliphatic carbocycles. The molecule has 0 saturated heterocycles. The number of aromatic nitrogens is 1. The second kappa shape index (κ2) is 6.99. The van der Waals surface area contributed by atoms with Crippen molar-refractivity contribution in [2.24, 2.45) is 5.92 Å². The first-order chi connectivity index (χ1) is 7.58. The highest BCUT2D eigenvalue weighted by molar-refractivity contribution is 7.09. The Morgan fingerprint density at radius 2 is 2.25 bits per heavy atom. The third-order valence-electron chi connectivity index (χ3n) is 2.14. The number of hydrogen-bond donors (Lipinski definition) is 0. The van der Waals surface area contributed by atoms with Crippen molar-refractivity contribution in [1.29, 1.82) is 0 Å². The Morgan fingerprint density at radius 3 is 2.81 bits per heavy atom. The van der Waals surface area contributed by atoms with Crippen molar-refractivity contribution in [3.8, 4) is 0 Å². The van der Waals surface area contributed by atoms with Crippen molar-refractivity contribution in [2.75, 3.05) is 26.8 Å². The van der Waals surface area contributed by atoms with Gasteiger partial charge in [-0.15, -0.1) is 11.3 Å². The molecule has 0 aliphatic heterocycles. The number of nitrogens with zero attached hydrogens (tertiary/aromatic N) is 2. The lowest BCUT2D eigenvalue weighted by atomic mass is 10.2. The molecule has 0 bridgehead atoms. The average Bonchev–Trinajstić information content (AvgIpc) is 2.58. The van der Waals surface area contributed by atoms with Crippen LogP contribution >= 0.6 is 11.3 Å². The number of hydrogen-bond acceptors (Lipinski definition) is 4. The summed E-state index contributed by atoms with van der Waals surface area (Å²) in [4.78, 5) is 6.69. The van der Waals surface area contributed by atoms with Crippen LogP contribution in [0.5, 0.6) is 0 Å². The van der Waals surface area contributed by atoms with Crippen molar-refractivity contribution < 1.29 is 4.74 Å². The molecule has 1 heterocycles. The molecule has 16 heavy (non-hydrogen) atoms. The molecule has 0 N–H and O–H groups in total. The Hall–Kier alpha value is -0.450. The van der Waals surface area contributed by atoms with Gasteiger partial charge in [0.25, 0.3) is 0 Å². The van der Waals surface area contributed by atoms with Gasteiger partial charge in [0.1, 0.15) is 5.01 Å². The minimum absolute atomic E-state index is 0.618. The molecule has 4 heteroatoms. The van der Waals surface area contributed by atoms with Crippen molar-refractivity contribution >= 4 is 11.3 Å².